The molecule has 208 valence electrons. The summed E-state index contributed by atoms with van der Waals surface area (Å²) in [6.45, 7) is 7.18. The third-order valence-corrected chi connectivity index (χ3v) is 8.62. The van der Waals surface area contributed by atoms with Gasteiger partial charge in [-0.2, -0.15) is 0 Å². The van der Waals surface area contributed by atoms with Gasteiger partial charge < -0.3 is 25.0 Å². The van der Waals surface area contributed by atoms with Crippen molar-refractivity contribution in [2.45, 2.75) is 31.2 Å². The summed E-state index contributed by atoms with van der Waals surface area (Å²) in [7, 11) is 4.10. The highest BCUT2D eigenvalue weighted by atomic mass is 35.5. The van der Waals surface area contributed by atoms with E-state index in [1.165, 1.54) is 17.4 Å². The summed E-state index contributed by atoms with van der Waals surface area (Å²) in [5.74, 6) is 2.12. The summed E-state index contributed by atoms with van der Waals surface area (Å²) >= 11 is 7.54. The monoisotopic (exact) mass is 580 g/mol. The Morgan fingerprint density at radius 1 is 1.25 bits per heavy atom. The molecular weight excluding hydrogens is 551 g/mol. The van der Waals surface area contributed by atoms with E-state index in [4.69, 9.17) is 21.6 Å². The maximum Gasteiger partial charge on any atom is 0.240 e. The van der Waals surface area contributed by atoms with Gasteiger partial charge in [0.2, 0.25) is 5.91 Å². The number of aromatic nitrogens is 3. The van der Waals surface area contributed by atoms with Crippen molar-refractivity contribution in [3.05, 3.63) is 81.4 Å². The molecule has 6 rings (SSSR count). The Morgan fingerprint density at radius 2 is 2.05 bits per heavy atom. The maximum absolute atomic E-state index is 13.8. The number of likely N-dealkylation sites (N-methyl/N-ethyl adjacent to an activating group) is 1. The number of hydrogen-bond donors (Lipinski definition) is 2. The number of thiazole rings is 1. The van der Waals surface area contributed by atoms with Gasteiger partial charge in [0.05, 0.1) is 16.3 Å². The molecule has 1 unspecified atom stereocenters. The number of nitrogens with zero attached hydrogens (tertiary/aromatic N) is 6. The number of rotatable bonds is 6. The van der Waals surface area contributed by atoms with Gasteiger partial charge in [-0.25, -0.2) is 19.4 Å². The molecule has 9 nitrogen and oxygen atoms in total. The molecule has 1 atom stereocenters. The van der Waals surface area contributed by atoms with Gasteiger partial charge in [0.25, 0.3) is 0 Å². The van der Waals surface area contributed by atoms with E-state index in [9.17, 15) is 9.18 Å². The van der Waals surface area contributed by atoms with Crippen LogP contribution in [-0.2, 0) is 11.3 Å². The number of nitrogens with one attached hydrogen (secondary N) is 2. The smallest absolute Gasteiger partial charge is 0.240 e. The molecule has 0 spiro atoms. The van der Waals surface area contributed by atoms with E-state index in [1.807, 2.05) is 25.7 Å². The lowest BCUT2D eigenvalue weighted by molar-refractivity contribution is -0.120. The molecule has 12 heteroatoms. The summed E-state index contributed by atoms with van der Waals surface area (Å²) < 4.78 is 16.0. The zero-order valence-corrected chi connectivity index (χ0v) is 23.9. The zero-order valence-electron chi connectivity index (χ0n) is 22.3. The Bertz CT molecular complexity index is 1520. The lowest BCUT2D eigenvalue weighted by Crippen LogP contribution is -2.42. The summed E-state index contributed by atoms with van der Waals surface area (Å²) in [5.41, 5.74) is 2.41. The molecule has 1 aromatic carbocycles. The standard InChI is InChI=1S/C28H30ClFN8OS/c1-16-32-24-22(23(27(39)35-24)28-31-8-13-40-28)26(33-16)37-9-6-17(7-10-37)25-34-21(15-38(25)12-11-36(2)3)18-4-5-20(30)19(29)14-18/h4-5,8,13-15,17,23,32H,1,6-7,9-12H2,2-3H3,(H,35,39). The Labute approximate surface area is 241 Å². The molecule has 2 aromatic heterocycles. The SMILES string of the molecule is C=C1N=C(N2CCC(c3nc(-c4ccc(F)c(Cl)c4)cn3CCN(C)C)CC2)C2=C(N1)NC(=O)C2c1nccs1. The number of amides is 1. The van der Waals surface area contributed by atoms with Crippen molar-refractivity contribution in [3.8, 4) is 11.3 Å². The Hall–Kier alpha value is -3.54. The highest BCUT2D eigenvalue weighted by molar-refractivity contribution is 7.09. The van der Waals surface area contributed by atoms with Gasteiger partial charge in [0.15, 0.2) is 0 Å². The molecule has 2 N–H and O–H groups in total. The molecule has 0 radical (unpaired) electrons. The first-order chi connectivity index (χ1) is 19.3. The van der Waals surface area contributed by atoms with Crippen molar-refractivity contribution in [2.75, 3.05) is 33.7 Å². The van der Waals surface area contributed by atoms with E-state index < -0.39 is 11.7 Å². The molecular formula is C28H30ClFN8OS. The summed E-state index contributed by atoms with van der Waals surface area (Å²) in [6.07, 6.45) is 5.50. The minimum Gasteiger partial charge on any atom is -0.356 e. The summed E-state index contributed by atoms with van der Waals surface area (Å²) in [6, 6.07) is 4.73. The van der Waals surface area contributed by atoms with Gasteiger partial charge in [-0.3, -0.25) is 4.79 Å². The number of hydrogen-bond acceptors (Lipinski definition) is 8. The Balaban J connectivity index is 1.25. The average molecular weight is 581 g/mol. The van der Waals surface area contributed by atoms with Crippen LogP contribution in [0.5, 0.6) is 0 Å². The molecule has 0 aliphatic carbocycles. The number of amidine groups is 1. The van der Waals surface area contributed by atoms with Crippen molar-refractivity contribution in [2.24, 2.45) is 4.99 Å². The van der Waals surface area contributed by atoms with Gasteiger partial charge in [-0.05, 0) is 45.1 Å². The van der Waals surface area contributed by atoms with Crippen LogP contribution >= 0.6 is 22.9 Å². The summed E-state index contributed by atoms with van der Waals surface area (Å²) in [5, 5.41) is 8.80. The number of halogens is 2. The topological polar surface area (TPSA) is 90.7 Å². The van der Waals surface area contributed by atoms with Gasteiger partial charge in [0, 0.05) is 55.4 Å². The lowest BCUT2D eigenvalue weighted by Gasteiger charge is -2.36. The Kier molecular flexibility index (Phi) is 7.20. The second kappa shape index (κ2) is 10.8. The predicted molar refractivity (Wildman–Crippen MR) is 154 cm³/mol. The van der Waals surface area contributed by atoms with E-state index >= 15 is 0 Å². The highest BCUT2D eigenvalue weighted by Crippen LogP contribution is 2.38. The number of aliphatic imine (C=N–C) groups is 1. The van der Waals surface area contributed by atoms with Gasteiger partial charge >= 0.3 is 0 Å². The van der Waals surface area contributed by atoms with E-state index in [0.717, 1.165) is 72.5 Å². The minimum absolute atomic E-state index is 0.0872. The predicted octanol–water partition coefficient (Wildman–Crippen LogP) is 4.14. The van der Waals surface area contributed by atoms with Crippen LogP contribution in [0.25, 0.3) is 11.3 Å². The molecule has 0 bridgehead atoms. The number of carbonyl (C=O) groups excluding carboxylic acids is 1. The van der Waals surface area contributed by atoms with Crippen molar-refractivity contribution in [1.82, 2.24) is 35.0 Å². The van der Waals surface area contributed by atoms with E-state index in [2.05, 4.69) is 36.6 Å². The molecule has 0 saturated carbocycles. The normalized spacial score (nSPS) is 19.7. The third kappa shape index (κ3) is 5.04. The second-order valence-electron chi connectivity index (χ2n) is 10.5. The van der Waals surface area contributed by atoms with Crippen LogP contribution in [0.2, 0.25) is 5.02 Å². The number of likely N-dealkylation sites (tertiary alicyclic amines) is 1. The first-order valence-electron chi connectivity index (χ1n) is 13.2. The van der Waals surface area contributed by atoms with Crippen molar-refractivity contribution >= 4 is 34.7 Å². The van der Waals surface area contributed by atoms with Crippen molar-refractivity contribution in [1.29, 1.82) is 0 Å². The molecule has 3 aliphatic rings. The molecule has 3 aliphatic heterocycles. The van der Waals surface area contributed by atoms with Gasteiger partial charge in [0.1, 0.15) is 40.0 Å². The largest absolute Gasteiger partial charge is 0.356 e. The average Bonchev–Trinajstić information content (AvgIpc) is 3.67. The Morgan fingerprint density at radius 3 is 2.75 bits per heavy atom. The van der Waals surface area contributed by atoms with Crippen LogP contribution in [0.4, 0.5) is 4.39 Å². The van der Waals surface area contributed by atoms with E-state index in [-0.39, 0.29) is 16.8 Å². The van der Waals surface area contributed by atoms with Crippen LogP contribution in [0.3, 0.4) is 0 Å². The molecule has 1 saturated heterocycles. The number of imidazole rings is 1. The third-order valence-electron chi connectivity index (χ3n) is 7.49. The summed E-state index contributed by atoms with van der Waals surface area (Å²) in [4.78, 5) is 31.5. The fourth-order valence-electron chi connectivity index (χ4n) is 5.48. The van der Waals surface area contributed by atoms with Crippen LogP contribution in [0.1, 0.15) is 35.5 Å². The molecule has 5 heterocycles. The van der Waals surface area contributed by atoms with Crippen molar-refractivity contribution in [3.63, 3.8) is 0 Å². The maximum atomic E-state index is 13.8. The number of carbonyl (C=O) groups is 1. The van der Waals surface area contributed by atoms with E-state index in [0.29, 0.717) is 11.6 Å². The fourth-order valence-corrected chi connectivity index (χ4v) is 6.40. The zero-order chi connectivity index (χ0) is 28.0. The first-order valence-corrected chi connectivity index (χ1v) is 14.5. The number of benzene rings is 1. The lowest BCUT2D eigenvalue weighted by atomic mass is 9.93. The van der Waals surface area contributed by atoms with Gasteiger partial charge in [-0.15, -0.1) is 11.3 Å². The first kappa shape index (κ1) is 26.7. The second-order valence-corrected chi connectivity index (χ2v) is 11.8. The highest BCUT2D eigenvalue weighted by Gasteiger charge is 2.43. The molecule has 1 amide bonds. The molecule has 40 heavy (non-hydrogen) atoms. The fraction of sp³-hybridized carbons (Fsp3) is 0.357. The van der Waals surface area contributed by atoms with Crippen LogP contribution < -0.4 is 10.6 Å². The van der Waals surface area contributed by atoms with E-state index in [1.54, 1.807) is 18.3 Å². The molecule has 3 aromatic rings. The van der Waals surface area contributed by atoms with Crippen LogP contribution in [-0.4, -0.2) is 69.8 Å². The van der Waals surface area contributed by atoms with Crippen LogP contribution in [0, 0.1) is 5.82 Å². The van der Waals surface area contributed by atoms with Gasteiger partial charge in [-0.1, -0.05) is 18.2 Å². The number of piperidine rings is 1. The quantitative estimate of drug-likeness (QED) is 0.455. The van der Waals surface area contributed by atoms with Crippen LogP contribution in [0.15, 0.2) is 64.8 Å². The molecule has 1 fully saturated rings. The van der Waals surface area contributed by atoms with Crippen molar-refractivity contribution < 1.29 is 9.18 Å². The minimum atomic E-state index is -0.498.